The van der Waals surface area contributed by atoms with Crippen LogP contribution < -0.4 is 10.6 Å². The lowest BCUT2D eigenvalue weighted by molar-refractivity contribution is 0.175. The molecule has 1 aromatic carbocycles. The van der Waals surface area contributed by atoms with Gasteiger partial charge in [0, 0.05) is 11.4 Å². The Balaban J connectivity index is 2.60. The quantitative estimate of drug-likeness (QED) is 0.606. The van der Waals surface area contributed by atoms with E-state index in [0.717, 1.165) is 5.56 Å². The summed E-state index contributed by atoms with van der Waals surface area (Å²) in [5, 5.41) is 22.0. The Morgan fingerprint density at radius 2 is 1.52 bits per heavy atom. The van der Waals surface area contributed by atoms with Gasteiger partial charge in [0.2, 0.25) is 0 Å². The van der Waals surface area contributed by atoms with Gasteiger partial charge >= 0.3 is 12.2 Å². The fourth-order valence-electron chi connectivity index (χ4n) is 1.55. The molecule has 0 heterocycles. The van der Waals surface area contributed by atoms with Crippen LogP contribution in [-0.4, -0.2) is 48.8 Å². The summed E-state index contributed by atoms with van der Waals surface area (Å²) in [7, 11) is 0. The third kappa shape index (κ3) is 8.28. The van der Waals surface area contributed by atoms with Crippen molar-refractivity contribution >= 4 is 23.6 Å². The molecule has 0 spiro atoms. The summed E-state index contributed by atoms with van der Waals surface area (Å²) < 4.78 is 9.61. The first-order valence-electron chi connectivity index (χ1n) is 7.18. The third-order valence-electron chi connectivity index (χ3n) is 2.68. The smallest absolute Gasteiger partial charge is 0.412 e. The van der Waals surface area contributed by atoms with Crippen LogP contribution in [0.1, 0.15) is 5.56 Å². The lowest BCUT2D eigenvalue weighted by Gasteiger charge is -2.11. The van der Waals surface area contributed by atoms with Crippen LogP contribution in [0.15, 0.2) is 18.2 Å². The van der Waals surface area contributed by atoms with E-state index < -0.39 is 12.2 Å². The van der Waals surface area contributed by atoms with Crippen molar-refractivity contribution in [3.8, 4) is 23.7 Å². The molecule has 0 radical (unpaired) electrons. The van der Waals surface area contributed by atoms with Gasteiger partial charge in [0.25, 0.3) is 0 Å². The Kier molecular flexibility index (Phi) is 9.01. The molecular formula is C17H18N2O6. The summed E-state index contributed by atoms with van der Waals surface area (Å²) in [4.78, 5) is 23.2. The van der Waals surface area contributed by atoms with Gasteiger partial charge in [-0.25, -0.2) is 9.59 Å². The summed E-state index contributed by atoms with van der Waals surface area (Å²) in [5.74, 6) is 9.59. The van der Waals surface area contributed by atoms with E-state index in [-0.39, 0.29) is 26.4 Å². The molecule has 0 unspecified atom stereocenters. The highest BCUT2D eigenvalue weighted by Crippen LogP contribution is 2.20. The molecule has 25 heavy (non-hydrogen) atoms. The van der Waals surface area contributed by atoms with Gasteiger partial charge in [0.05, 0.1) is 0 Å². The molecule has 8 heteroatoms. The van der Waals surface area contributed by atoms with Gasteiger partial charge in [-0.05, 0) is 24.6 Å². The first kappa shape index (κ1) is 19.8. The van der Waals surface area contributed by atoms with E-state index in [2.05, 4.69) is 34.3 Å². The largest absolute Gasteiger partial charge is 0.436 e. The van der Waals surface area contributed by atoms with Gasteiger partial charge in [-0.2, -0.15) is 0 Å². The predicted molar refractivity (Wildman–Crippen MR) is 90.8 cm³/mol. The van der Waals surface area contributed by atoms with E-state index in [1.807, 2.05) is 0 Å². The minimum atomic E-state index is -0.719. The fraction of sp³-hybridized carbons (Fsp3) is 0.294. The summed E-state index contributed by atoms with van der Waals surface area (Å²) in [5.41, 5.74) is 1.60. The Labute approximate surface area is 145 Å². The molecule has 0 aliphatic heterocycles. The topological polar surface area (TPSA) is 117 Å². The second-order valence-electron chi connectivity index (χ2n) is 4.46. The van der Waals surface area contributed by atoms with Crippen LogP contribution in [0, 0.1) is 30.6 Å². The molecule has 0 saturated carbocycles. The summed E-state index contributed by atoms with van der Waals surface area (Å²) in [6.45, 7) is 0.863. The minimum absolute atomic E-state index is 0.148. The highest BCUT2D eigenvalue weighted by Gasteiger charge is 2.08. The van der Waals surface area contributed by atoms with Crippen molar-refractivity contribution < 1.29 is 29.3 Å². The number of hydrogen-bond acceptors (Lipinski definition) is 6. The number of carbonyl (C=O) groups excluding carboxylic acids is 2. The number of rotatable bonds is 4. The van der Waals surface area contributed by atoms with Crippen LogP contribution >= 0.6 is 0 Å². The van der Waals surface area contributed by atoms with E-state index in [1.165, 1.54) is 6.07 Å². The number of aliphatic hydroxyl groups is 2. The van der Waals surface area contributed by atoms with Crippen molar-refractivity contribution in [1.82, 2.24) is 0 Å². The molecule has 8 nitrogen and oxygen atoms in total. The van der Waals surface area contributed by atoms with E-state index in [4.69, 9.17) is 19.7 Å². The van der Waals surface area contributed by atoms with Crippen molar-refractivity contribution in [1.29, 1.82) is 0 Å². The minimum Gasteiger partial charge on any atom is -0.436 e. The maximum Gasteiger partial charge on any atom is 0.412 e. The lowest BCUT2D eigenvalue weighted by Crippen LogP contribution is -2.16. The summed E-state index contributed by atoms with van der Waals surface area (Å²) >= 11 is 0. The maximum absolute atomic E-state index is 11.7. The Bertz CT molecular complexity index is 724. The van der Waals surface area contributed by atoms with Crippen LogP contribution in [0.2, 0.25) is 0 Å². The summed E-state index contributed by atoms with van der Waals surface area (Å²) in [6, 6.07) is 4.87. The SMILES string of the molecule is Cc1ccc(NC(=O)OCC#CCO)cc1NC(=O)OCC#CCO. The molecule has 0 aliphatic rings. The van der Waals surface area contributed by atoms with E-state index in [0.29, 0.717) is 11.4 Å². The Hall–Kier alpha value is -3.20. The third-order valence-corrected chi connectivity index (χ3v) is 2.68. The van der Waals surface area contributed by atoms with Crippen LogP contribution in [0.25, 0.3) is 0 Å². The fourth-order valence-corrected chi connectivity index (χ4v) is 1.55. The van der Waals surface area contributed by atoms with Crippen molar-refractivity contribution in [2.75, 3.05) is 37.1 Å². The van der Waals surface area contributed by atoms with Gasteiger partial charge in [0.1, 0.15) is 13.2 Å². The van der Waals surface area contributed by atoms with Gasteiger partial charge < -0.3 is 19.7 Å². The first-order valence-corrected chi connectivity index (χ1v) is 7.18. The summed E-state index contributed by atoms with van der Waals surface area (Å²) in [6.07, 6.45) is -1.43. The number of amides is 2. The maximum atomic E-state index is 11.7. The number of hydrogen-bond donors (Lipinski definition) is 4. The normalized spacial score (nSPS) is 8.92. The average molecular weight is 346 g/mol. The van der Waals surface area contributed by atoms with Crippen molar-refractivity contribution in [3.63, 3.8) is 0 Å². The molecule has 4 N–H and O–H groups in total. The van der Waals surface area contributed by atoms with E-state index in [1.54, 1.807) is 19.1 Å². The highest BCUT2D eigenvalue weighted by molar-refractivity contribution is 5.89. The van der Waals surface area contributed by atoms with Crippen molar-refractivity contribution in [2.24, 2.45) is 0 Å². The van der Waals surface area contributed by atoms with Crippen LogP contribution in [0.5, 0.6) is 0 Å². The molecule has 0 fully saturated rings. The number of nitrogens with one attached hydrogen (secondary N) is 2. The second kappa shape index (κ2) is 11.4. The van der Waals surface area contributed by atoms with Gasteiger partial charge in [-0.1, -0.05) is 29.7 Å². The molecule has 0 bridgehead atoms. The number of aryl methyl sites for hydroxylation is 1. The number of aliphatic hydroxyl groups excluding tert-OH is 2. The number of ether oxygens (including phenoxy) is 2. The monoisotopic (exact) mass is 346 g/mol. The highest BCUT2D eigenvalue weighted by atomic mass is 16.6. The molecule has 0 aromatic heterocycles. The predicted octanol–water partition coefficient (Wildman–Crippen LogP) is 1.08. The van der Waals surface area contributed by atoms with Gasteiger partial charge in [0.15, 0.2) is 13.2 Å². The van der Waals surface area contributed by atoms with Crippen LogP contribution in [0.4, 0.5) is 21.0 Å². The molecule has 132 valence electrons. The molecule has 1 aromatic rings. The van der Waals surface area contributed by atoms with Crippen LogP contribution in [0.3, 0.4) is 0 Å². The zero-order valence-corrected chi connectivity index (χ0v) is 13.6. The lowest BCUT2D eigenvalue weighted by atomic mass is 10.2. The van der Waals surface area contributed by atoms with Gasteiger partial charge in [-0.15, -0.1) is 0 Å². The Morgan fingerprint density at radius 3 is 2.08 bits per heavy atom. The zero-order chi connectivity index (χ0) is 18.5. The molecule has 0 atom stereocenters. The van der Waals surface area contributed by atoms with Gasteiger partial charge in [-0.3, -0.25) is 10.6 Å². The molecular weight excluding hydrogens is 328 g/mol. The average Bonchev–Trinajstić information content (AvgIpc) is 2.58. The Morgan fingerprint density at radius 1 is 0.960 bits per heavy atom. The standard InChI is InChI=1S/C17H18N2O6/c1-13-6-7-14(18-16(22)24-10-4-2-8-20)12-15(13)19-17(23)25-11-5-3-9-21/h6-7,12,20-21H,8-11H2,1H3,(H,18,22)(H,19,23). The zero-order valence-electron chi connectivity index (χ0n) is 13.6. The first-order chi connectivity index (χ1) is 12.1. The van der Waals surface area contributed by atoms with E-state index >= 15 is 0 Å². The van der Waals surface area contributed by atoms with Crippen molar-refractivity contribution in [3.05, 3.63) is 23.8 Å². The van der Waals surface area contributed by atoms with E-state index in [9.17, 15) is 9.59 Å². The molecule has 0 aliphatic carbocycles. The number of anilines is 2. The molecule has 2 amide bonds. The van der Waals surface area contributed by atoms with Crippen LogP contribution in [-0.2, 0) is 9.47 Å². The molecule has 1 rings (SSSR count). The second-order valence-corrected chi connectivity index (χ2v) is 4.46. The number of carbonyl (C=O) groups is 2. The van der Waals surface area contributed by atoms with Crippen molar-refractivity contribution in [2.45, 2.75) is 6.92 Å². The number of benzene rings is 1. The molecule has 0 saturated heterocycles.